The third-order valence-corrected chi connectivity index (χ3v) is 9.18. The molecule has 1 saturated heterocycles. The van der Waals surface area contributed by atoms with Crippen LogP contribution in [-0.2, 0) is 34.0 Å². The van der Waals surface area contributed by atoms with Gasteiger partial charge in [0.2, 0.25) is 0 Å². The van der Waals surface area contributed by atoms with Crippen LogP contribution in [-0.4, -0.2) is 72.7 Å². The van der Waals surface area contributed by atoms with Crippen molar-refractivity contribution in [3.05, 3.63) is 150 Å². The summed E-state index contributed by atoms with van der Waals surface area (Å²) in [5.41, 5.74) is 2.00. The Balaban J connectivity index is 1.45. The maximum Gasteiger partial charge on any atom is 0.509 e. The van der Waals surface area contributed by atoms with E-state index in [1.807, 2.05) is 97.1 Å². The molecule has 278 valence electrons. The van der Waals surface area contributed by atoms with Crippen LogP contribution in [0, 0.1) is 12.3 Å². The quantitative estimate of drug-likeness (QED) is 0.0503. The molecule has 0 amide bonds. The van der Waals surface area contributed by atoms with Crippen molar-refractivity contribution >= 4 is 23.5 Å². The monoisotopic (exact) mass is 748 g/mol. The molecule has 2 heterocycles. The molecule has 0 unspecified atom stereocenters. The minimum atomic E-state index is -1.25. The Hall–Kier alpha value is -5.71. The van der Waals surface area contributed by atoms with Crippen LogP contribution in [0.25, 0.3) is 0 Å². The largest absolute Gasteiger partial charge is 0.509 e. The first-order valence-electron chi connectivity index (χ1n) is 17.2. The smallest absolute Gasteiger partial charge is 0.497 e. The average Bonchev–Trinajstić information content (AvgIpc) is 3.93. The van der Waals surface area contributed by atoms with Crippen LogP contribution in [0.3, 0.4) is 0 Å². The minimum absolute atomic E-state index is 0.0642. The highest BCUT2D eigenvalue weighted by Gasteiger charge is 2.49. The fourth-order valence-electron chi connectivity index (χ4n) is 6.27. The Labute approximate surface area is 319 Å². The van der Waals surface area contributed by atoms with Crippen LogP contribution in [0.5, 0.6) is 11.5 Å². The van der Waals surface area contributed by atoms with Gasteiger partial charge in [0.1, 0.15) is 35.6 Å². The number of nitrogens with zero attached hydrogens (tertiary/aromatic N) is 2. The molecule has 0 bridgehead atoms. The molecule has 11 nitrogen and oxygen atoms in total. The molecule has 5 aromatic rings. The van der Waals surface area contributed by atoms with Gasteiger partial charge in [0.25, 0.3) is 5.17 Å². The molecule has 0 radical (unpaired) electrons. The topological polar surface area (TPSA) is 109 Å². The summed E-state index contributed by atoms with van der Waals surface area (Å²) in [5, 5.41) is 0.0642. The molecule has 5 atom stereocenters. The zero-order valence-corrected chi connectivity index (χ0v) is 30.8. The van der Waals surface area contributed by atoms with E-state index in [2.05, 4.69) is 10.9 Å². The number of hydrogen-bond acceptors (Lipinski definition) is 11. The molecular weight excluding hydrogens is 709 g/mol. The van der Waals surface area contributed by atoms with Crippen LogP contribution in [0.2, 0.25) is 0 Å². The van der Waals surface area contributed by atoms with Crippen molar-refractivity contribution in [2.45, 2.75) is 43.2 Å². The zero-order chi connectivity index (χ0) is 37.9. The zero-order valence-electron chi connectivity index (χ0n) is 30.0. The summed E-state index contributed by atoms with van der Waals surface area (Å²) >= 11 is 5.76. The third kappa shape index (κ3) is 8.40. The first-order valence-corrected chi connectivity index (χ1v) is 17.6. The molecule has 0 spiro atoms. The van der Waals surface area contributed by atoms with E-state index in [9.17, 15) is 4.79 Å². The minimum Gasteiger partial charge on any atom is -0.497 e. The molecule has 0 N–H and O–H groups in total. The van der Waals surface area contributed by atoms with Gasteiger partial charge in [0.05, 0.1) is 27.4 Å². The second-order valence-electron chi connectivity index (χ2n) is 12.0. The predicted molar refractivity (Wildman–Crippen MR) is 203 cm³/mol. The van der Waals surface area contributed by atoms with Gasteiger partial charge in [0.15, 0.2) is 18.5 Å². The number of imidazole rings is 1. The van der Waals surface area contributed by atoms with Gasteiger partial charge in [-0.05, 0) is 60.1 Å². The normalized spacial score (nSPS) is 17.8. The summed E-state index contributed by atoms with van der Waals surface area (Å²) in [6.45, 7) is 1.62. The maximum absolute atomic E-state index is 12.6. The van der Waals surface area contributed by atoms with Crippen LogP contribution in [0.4, 0.5) is 4.79 Å². The van der Waals surface area contributed by atoms with Crippen molar-refractivity contribution in [3.8, 4) is 23.8 Å². The van der Waals surface area contributed by atoms with E-state index in [-0.39, 0.29) is 18.4 Å². The van der Waals surface area contributed by atoms with Crippen molar-refractivity contribution in [2.24, 2.45) is 0 Å². The third-order valence-electron chi connectivity index (χ3n) is 8.88. The first kappa shape index (κ1) is 38.0. The number of carbonyl (C=O) groups is 1. The summed E-state index contributed by atoms with van der Waals surface area (Å²) < 4.78 is 50.0. The lowest BCUT2D eigenvalue weighted by Crippen LogP contribution is -2.49. The van der Waals surface area contributed by atoms with E-state index in [1.54, 1.807) is 50.2 Å². The van der Waals surface area contributed by atoms with Crippen LogP contribution >= 0.6 is 12.2 Å². The van der Waals surface area contributed by atoms with Gasteiger partial charge < -0.3 is 37.9 Å². The number of carbonyl (C=O) groups excluding carboxylic acids is 1. The molecule has 1 aromatic heterocycles. The second-order valence-corrected chi connectivity index (χ2v) is 12.4. The Morgan fingerprint density at radius 2 is 1.43 bits per heavy atom. The van der Waals surface area contributed by atoms with Crippen molar-refractivity contribution in [1.29, 1.82) is 0 Å². The highest BCUT2D eigenvalue weighted by molar-refractivity contribution is 7.80. The van der Waals surface area contributed by atoms with Gasteiger partial charge in [-0.3, -0.25) is 4.57 Å². The molecule has 1 fully saturated rings. The number of ether oxygens (including phenoxy) is 8. The molecule has 0 saturated carbocycles. The van der Waals surface area contributed by atoms with Crippen molar-refractivity contribution in [2.75, 3.05) is 27.4 Å². The van der Waals surface area contributed by atoms with Crippen molar-refractivity contribution in [3.63, 3.8) is 0 Å². The summed E-state index contributed by atoms with van der Waals surface area (Å²) in [6, 6.07) is 34.6. The van der Waals surface area contributed by atoms with Gasteiger partial charge in [-0.2, -0.15) is 0 Å². The predicted octanol–water partition coefficient (Wildman–Crippen LogP) is 7.08. The molecule has 6 rings (SSSR count). The highest BCUT2D eigenvalue weighted by Crippen LogP contribution is 2.43. The van der Waals surface area contributed by atoms with E-state index in [4.69, 9.17) is 56.5 Å². The van der Waals surface area contributed by atoms with E-state index in [1.165, 1.54) is 6.33 Å². The lowest BCUT2D eigenvalue weighted by molar-refractivity contribution is -0.106. The highest BCUT2D eigenvalue weighted by atomic mass is 32.1. The Kier molecular flexibility index (Phi) is 12.6. The number of rotatable bonds is 14. The standard InChI is InChI=1S/C42H40N2O9S/c1-5-35(51-41(45)48-6-2)37-38(53-39(52-37)29-17-21-33(46-3)22-18-29)36(50-40(54)44-26-25-43-28-44)27-49-42(30-13-9-7-10-14-30,31-15-11-8-12-16-31)32-19-23-34(47-4)24-20-32/h1,7-26,28,35-39H,6,27H2,2-4H3/t35-,36+,37-,38+,39-/m0/s1. The number of terminal acetylenes is 1. The molecule has 12 heteroatoms. The molecule has 0 aliphatic carbocycles. The van der Waals surface area contributed by atoms with Crippen molar-refractivity contribution in [1.82, 2.24) is 9.55 Å². The maximum atomic E-state index is 12.6. The van der Waals surface area contributed by atoms with E-state index in [0.29, 0.717) is 17.1 Å². The van der Waals surface area contributed by atoms with Gasteiger partial charge in [-0.1, -0.05) is 90.8 Å². The van der Waals surface area contributed by atoms with Crippen LogP contribution in [0.15, 0.2) is 128 Å². The van der Waals surface area contributed by atoms with E-state index >= 15 is 0 Å². The number of methoxy groups -OCH3 is 2. The number of hydrogen-bond donors (Lipinski definition) is 0. The SMILES string of the molecule is C#C[C@H](OC(=O)OCC)[C@@H]1O[C@H](c2ccc(OC)cc2)O[C@@H]1[C@@H](COC(c1ccccc1)(c1ccccc1)c1ccc(OC)cc1)OC(=S)n1ccnc1. The van der Waals surface area contributed by atoms with E-state index in [0.717, 1.165) is 16.7 Å². The fourth-order valence-corrected chi connectivity index (χ4v) is 6.50. The summed E-state index contributed by atoms with van der Waals surface area (Å²) in [6.07, 6.45) is 4.55. The van der Waals surface area contributed by atoms with Crippen LogP contribution < -0.4 is 9.47 Å². The van der Waals surface area contributed by atoms with Gasteiger partial charge in [0, 0.05) is 18.0 Å². The number of benzene rings is 4. The van der Waals surface area contributed by atoms with Gasteiger partial charge >= 0.3 is 6.16 Å². The van der Waals surface area contributed by atoms with Gasteiger partial charge in [-0.25, -0.2) is 9.78 Å². The fraction of sp³-hybridized carbons (Fsp3) is 0.262. The molecule has 4 aromatic carbocycles. The van der Waals surface area contributed by atoms with Crippen LogP contribution in [0.1, 0.15) is 35.5 Å². The summed E-state index contributed by atoms with van der Waals surface area (Å²) in [7, 11) is 3.20. The Bertz CT molecular complexity index is 1950. The second kappa shape index (κ2) is 17.9. The number of aromatic nitrogens is 2. The lowest BCUT2D eigenvalue weighted by Gasteiger charge is -2.38. The van der Waals surface area contributed by atoms with Gasteiger partial charge in [-0.15, -0.1) is 6.42 Å². The number of thiocarbonyl (C=S) groups is 1. The van der Waals surface area contributed by atoms with E-state index < -0.39 is 42.5 Å². The Morgan fingerprint density at radius 1 is 0.852 bits per heavy atom. The molecule has 54 heavy (non-hydrogen) atoms. The molecule has 1 aliphatic rings. The Morgan fingerprint density at radius 3 is 1.96 bits per heavy atom. The molecule has 1 aliphatic heterocycles. The lowest BCUT2D eigenvalue weighted by atomic mass is 9.80. The van der Waals surface area contributed by atoms with Crippen molar-refractivity contribution < 1.29 is 42.7 Å². The summed E-state index contributed by atoms with van der Waals surface area (Å²) in [4.78, 5) is 16.8. The summed E-state index contributed by atoms with van der Waals surface area (Å²) in [5.74, 6) is 3.88. The molecular formula is C42H40N2O9S. The first-order chi connectivity index (χ1) is 26.4. The average molecular weight is 749 g/mol.